The summed E-state index contributed by atoms with van der Waals surface area (Å²) in [6, 6.07) is 9.56. The molecule has 0 heterocycles. The Morgan fingerprint density at radius 3 is 2.35 bits per heavy atom. The molecule has 1 aromatic carbocycles. The van der Waals surface area contributed by atoms with Crippen LogP contribution in [-0.2, 0) is 10.2 Å². The van der Waals surface area contributed by atoms with Gasteiger partial charge in [-0.2, -0.15) is 0 Å². The van der Waals surface area contributed by atoms with Gasteiger partial charge in [-0.05, 0) is 32.3 Å². The van der Waals surface area contributed by atoms with Gasteiger partial charge in [-0.25, -0.2) is 0 Å². The molecule has 2 atom stereocenters. The molecule has 3 N–H and O–H groups in total. The lowest BCUT2D eigenvalue weighted by Gasteiger charge is -2.52. The Morgan fingerprint density at radius 1 is 1.41 bits per heavy atom. The number of nitrogens with two attached hydrogens (primary N) is 1. The van der Waals surface area contributed by atoms with Crippen LogP contribution >= 0.6 is 0 Å². The van der Waals surface area contributed by atoms with Gasteiger partial charge in [0.05, 0.1) is 11.0 Å². The summed E-state index contributed by atoms with van der Waals surface area (Å²) in [5.41, 5.74) is 4.94. The Hall–Kier alpha value is -1.35. The first-order valence-corrected chi connectivity index (χ1v) is 5.97. The van der Waals surface area contributed by atoms with Crippen molar-refractivity contribution in [2.75, 3.05) is 0 Å². The summed E-state index contributed by atoms with van der Waals surface area (Å²) < 4.78 is 0. The predicted molar refractivity (Wildman–Crippen MR) is 66.3 cm³/mol. The molecule has 1 saturated carbocycles. The standard InChI is InChI=1S/C14H19NO2/c1-13(2,17)11-8-9-14(11,12(15)16)10-6-4-3-5-7-10/h3-7,11,17H,8-9H2,1-2H3,(H2,15,16)/t11-,14+/m1/s1. The smallest absolute Gasteiger partial charge is 0.228 e. The average molecular weight is 233 g/mol. The van der Waals surface area contributed by atoms with Crippen LogP contribution in [-0.4, -0.2) is 16.6 Å². The Morgan fingerprint density at radius 2 is 2.00 bits per heavy atom. The Bertz CT molecular complexity index is 422. The van der Waals surface area contributed by atoms with E-state index in [1.807, 2.05) is 30.3 Å². The fourth-order valence-electron chi connectivity index (χ4n) is 3.05. The first-order chi connectivity index (χ1) is 7.89. The highest BCUT2D eigenvalue weighted by Crippen LogP contribution is 2.53. The van der Waals surface area contributed by atoms with Gasteiger partial charge in [-0.1, -0.05) is 30.3 Å². The fourth-order valence-corrected chi connectivity index (χ4v) is 3.05. The maximum Gasteiger partial charge on any atom is 0.228 e. The van der Waals surface area contributed by atoms with Gasteiger partial charge >= 0.3 is 0 Å². The van der Waals surface area contributed by atoms with E-state index in [1.165, 1.54) is 0 Å². The van der Waals surface area contributed by atoms with Crippen LogP contribution in [0, 0.1) is 5.92 Å². The monoisotopic (exact) mass is 233 g/mol. The fraction of sp³-hybridized carbons (Fsp3) is 0.500. The van der Waals surface area contributed by atoms with Crippen molar-refractivity contribution in [2.24, 2.45) is 11.7 Å². The van der Waals surface area contributed by atoms with Crippen LogP contribution in [0.25, 0.3) is 0 Å². The number of hydrogen-bond donors (Lipinski definition) is 2. The van der Waals surface area contributed by atoms with Crippen molar-refractivity contribution in [3.8, 4) is 0 Å². The lowest BCUT2D eigenvalue weighted by molar-refractivity contribution is -0.141. The van der Waals surface area contributed by atoms with E-state index in [9.17, 15) is 9.90 Å². The van der Waals surface area contributed by atoms with E-state index < -0.39 is 11.0 Å². The SMILES string of the molecule is CC(C)(O)[C@H]1CC[C@]1(C(N)=O)c1ccccc1. The van der Waals surface area contributed by atoms with E-state index in [0.717, 1.165) is 18.4 Å². The topological polar surface area (TPSA) is 63.3 Å². The van der Waals surface area contributed by atoms with Gasteiger partial charge < -0.3 is 10.8 Å². The molecule has 92 valence electrons. The maximum absolute atomic E-state index is 11.9. The van der Waals surface area contributed by atoms with Gasteiger partial charge in [0.1, 0.15) is 0 Å². The largest absolute Gasteiger partial charge is 0.390 e. The van der Waals surface area contributed by atoms with E-state index in [4.69, 9.17) is 5.73 Å². The Kier molecular flexibility index (Phi) is 2.74. The maximum atomic E-state index is 11.9. The molecule has 0 aromatic heterocycles. The van der Waals surface area contributed by atoms with E-state index >= 15 is 0 Å². The summed E-state index contributed by atoms with van der Waals surface area (Å²) in [6.45, 7) is 3.49. The van der Waals surface area contributed by atoms with E-state index in [-0.39, 0.29) is 11.8 Å². The lowest BCUT2D eigenvalue weighted by Crippen LogP contribution is -2.60. The first-order valence-electron chi connectivity index (χ1n) is 5.97. The number of benzene rings is 1. The van der Waals surface area contributed by atoms with Crippen LogP contribution in [0.15, 0.2) is 30.3 Å². The zero-order valence-corrected chi connectivity index (χ0v) is 10.3. The van der Waals surface area contributed by atoms with Gasteiger partial charge in [-0.3, -0.25) is 4.79 Å². The summed E-state index contributed by atoms with van der Waals surface area (Å²) in [6.07, 6.45) is 1.56. The molecule has 0 spiro atoms. The van der Waals surface area contributed by atoms with Crippen LogP contribution in [0.5, 0.6) is 0 Å². The van der Waals surface area contributed by atoms with E-state index in [0.29, 0.717) is 0 Å². The zero-order chi connectivity index (χ0) is 12.7. The minimum atomic E-state index is -0.886. The summed E-state index contributed by atoms with van der Waals surface area (Å²) >= 11 is 0. The Labute approximate surface area is 102 Å². The van der Waals surface area contributed by atoms with Crippen molar-refractivity contribution in [1.29, 1.82) is 0 Å². The number of hydrogen-bond acceptors (Lipinski definition) is 2. The molecule has 3 nitrogen and oxygen atoms in total. The third-order valence-electron chi connectivity index (χ3n) is 4.00. The summed E-state index contributed by atoms with van der Waals surface area (Å²) in [4.78, 5) is 11.9. The molecule has 17 heavy (non-hydrogen) atoms. The van der Waals surface area contributed by atoms with Gasteiger partial charge in [0.2, 0.25) is 5.91 Å². The van der Waals surface area contributed by atoms with Crippen molar-refractivity contribution < 1.29 is 9.90 Å². The normalized spacial score (nSPS) is 28.5. The summed E-state index contributed by atoms with van der Waals surface area (Å²) in [7, 11) is 0. The highest BCUT2D eigenvalue weighted by Gasteiger charge is 2.57. The number of carbonyl (C=O) groups is 1. The van der Waals surface area contributed by atoms with E-state index in [2.05, 4.69) is 0 Å². The number of rotatable bonds is 3. The Balaban J connectivity index is 2.46. The van der Waals surface area contributed by atoms with Gasteiger partial charge in [0.25, 0.3) is 0 Å². The summed E-state index contributed by atoms with van der Waals surface area (Å²) in [5.74, 6) is -0.433. The quantitative estimate of drug-likeness (QED) is 0.832. The van der Waals surface area contributed by atoms with Crippen LogP contribution in [0.2, 0.25) is 0 Å². The minimum absolute atomic E-state index is 0.102. The third-order valence-corrected chi connectivity index (χ3v) is 4.00. The van der Waals surface area contributed by atoms with E-state index in [1.54, 1.807) is 13.8 Å². The summed E-state index contributed by atoms with van der Waals surface area (Å²) in [5, 5.41) is 10.2. The predicted octanol–water partition coefficient (Wildman–Crippen LogP) is 1.59. The van der Waals surface area contributed by atoms with Gasteiger partial charge in [-0.15, -0.1) is 0 Å². The highest BCUT2D eigenvalue weighted by atomic mass is 16.3. The molecular weight excluding hydrogens is 214 g/mol. The van der Waals surface area contributed by atoms with Crippen molar-refractivity contribution in [3.05, 3.63) is 35.9 Å². The molecule has 0 saturated heterocycles. The van der Waals surface area contributed by atoms with Crippen molar-refractivity contribution >= 4 is 5.91 Å². The number of amides is 1. The molecule has 1 fully saturated rings. The molecule has 1 aliphatic carbocycles. The van der Waals surface area contributed by atoms with Crippen LogP contribution in [0.3, 0.4) is 0 Å². The average Bonchev–Trinajstić information content (AvgIpc) is 2.14. The number of aliphatic hydroxyl groups is 1. The molecule has 3 heteroatoms. The molecule has 0 bridgehead atoms. The lowest BCUT2D eigenvalue weighted by atomic mass is 9.52. The van der Waals surface area contributed by atoms with Gasteiger partial charge in [0.15, 0.2) is 0 Å². The van der Waals surface area contributed by atoms with Crippen molar-refractivity contribution in [2.45, 2.75) is 37.7 Å². The van der Waals surface area contributed by atoms with Crippen LogP contribution in [0.1, 0.15) is 32.3 Å². The number of primary amides is 1. The number of carbonyl (C=O) groups excluding carboxylic acids is 1. The third kappa shape index (κ3) is 1.75. The second-order valence-corrected chi connectivity index (χ2v) is 5.45. The first kappa shape index (κ1) is 12.1. The molecule has 0 radical (unpaired) electrons. The van der Waals surface area contributed by atoms with Gasteiger partial charge in [0, 0.05) is 5.92 Å². The van der Waals surface area contributed by atoms with Crippen molar-refractivity contribution in [3.63, 3.8) is 0 Å². The molecule has 1 aromatic rings. The molecule has 0 aliphatic heterocycles. The minimum Gasteiger partial charge on any atom is -0.390 e. The molecule has 1 amide bonds. The van der Waals surface area contributed by atoms with Crippen molar-refractivity contribution in [1.82, 2.24) is 0 Å². The zero-order valence-electron chi connectivity index (χ0n) is 10.3. The second kappa shape index (κ2) is 3.84. The molecule has 2 rings (SSSR count). The molecule has 0 unspecified atom stereocenters. The molecular formula is C14H19NO2. The van der Waals surface area contributed by atoms with Crippen LogP contribution in [0.4, 0.5) is 0 Å². The van der Waals surface area contributed by atoms with Crippen LogP contribution < -0.4 is 5.73 Å². The molecule has 1 aliphatic rings. The highest BCUT2D eigenvalue weighted by molar-refractivity contribution is 5.88. The second-order valence-electron chi connectivity index (χ2n) is 5.45.